The van der Waals surface area contributed by atoms with Crippen molar-refractivity contribution in [2.24, 2.45) is 10.7 Å². The van der Waals surface area contributed by atoms with Crippen LogP contribution in [0.4, 0.5) is 0 Å². The Balaban J connectivity index is 2.50. The standard InChI is InChI=1S/C9H8N2OS/c10-9-11-7(5-12)6-3-1-2-4-8(6)13-9/h1-5,7H,(H2,10,11). The van der Waals surface area contributed by atoms with Gasteiger partial charge in [0.1, 0.15) is 12.3 Å². The molecule has 0 aromatic heterocycles. The van der Waals surface area contributed by atoms with Crippen LogP contribution in [0.25, 0.3) is 0 Å². The summed E-state index contributed by atoms with van der Waals surface area (Å²) in [7, 11) is 0. The minimum absolute atomic E-state index is 0.419. The molecule has 66 valence electrons. The molecular weight excluding hydrogens is 184 g/mol. The third-order valence-electron chi connectivity index (χ3n) is 1.85. The molecule has 1 heterocycles. The number of hydrogen-bond donors (Lipinski definition) is 1. The summed E-state index contributed by atoms with van der Waals surface area (Å²) in [4.78, 5) is 15.7. The molecule has 0 fully saturated rings. The molecule has 1 aromatic carbocycles. The molecule has 0 bridgehead atoms. The minimum Gasteiger partial charge on any atom is -0.378 e. The van der Waals surface area contributed by atoms with Crippen LogP contribution in [0.5, 0.6) is 0 Å². The Labute approximate surface area is 80.0 Å². The second kappa shape index (κ2) is 3.22. The van der Waals surface area contributed by atoms with Gasteiger partial charge in [-0.25, -0.2) is 4.99 Å². The lowest BCUT2D eigenvalue weighted by Crippen LogP contribution is -2.15. The molecule has 2 N–H and O–H groups in total. The monoisotopic (exact) mass is 192 g/mol. The van der Waals surface area contributed by atoms with E-state index < -0.39 is 6.04 Å². The lowest BCUT2D eigenvalue weighted by molar-refractivity contribution is -0.108. The van der Waals surface area contributed by atoms with Gasteiger partial charge in [-0.1, -0.05) is 30.0 Å². The molecule has 0 saturated heterocycles. The lowest BCUT2D eigenvalue weighted by Gasteiger charge is -2.16. The lowest BCUT2D eigenvalue weighted by atomic mass is 10.1. The van der Waals surface area contributed by atoms with E-state index >= 15 is 0 Å². The van der Waals surface area contributed by atoms with Gasteiger partial charge in [0.2, 0.25) is 0 Å². The third-order valence-corrected chi connectivity index (χ3v) is 2.75. The van der Waals surface area contributed by atoms with Crippen molar-refractivity contribution in [2.75, 3.05) is 0 Å². The van der Waals surface area contributed by atoms with E-state index in [1.165, 1.54) is 11.8 Å². The van der Waals surface area contributed by atoms with Gasteiger partial charge >= 0.3 is 0 Å². The number of nitrogens with two attached hydrogens (primary N) is 1. The molecule has 1 unspecified atom stereocenters. The third kappa shape index (κ3) is 1.45. The van der Waals surface area contributed by atoms with Gasteiger partial charge in [-0.15, -0.1) is 0 Å². The number of rotatable bonds is 1. The largest absolute Gasteiger partial charge is 0.378 e. The summed E-state index contributed by atoms with van der Waals surface area (Å²) in [6.07, 6.45) is 0.811. The molecule has 0 spiro atoms. The summed E-state index contributed by atoms with van der Waals surface area (Å²) in [5.41, 5.74) is 6.51. The normalized spacial score (nSPS) is 20.3. The van der Waals surface area contributed by atoms with Crippen LogP contribution in [0.2, 0.25) is 0 Å². The van der Waals surface area contributed by atoms with Crippen molar-refractivity contribution in [1.82, 2.24) is 0 Å². The number of aliphatic imine (C=N–C) groups is 1. The maximum atomic E-state index is 10.7. The van der Waals surface area contributed by atoms with Crippen LogP contribution in [-0.2, 0) is 4.79 Å². The van der Waals surface area contributed by atoms with Crippen molar-refractivity contribution in [3.63, 3.8) is 0 Å². The molecule has 1 aliphatic heterocycles. The second-order valence-electron chi connectivity index (χ2n) is 2.69. The number of carbonyl (C=O) groups excluding carboxylic acids is 1. The Morgan fingerprint density at radius 1 is 1.46 bits per heavy atom. The maximum absolute atomic E-state index is 10.7. The summed E-state index contributed by atoms with van der Waals surface area (Å²) in [6, 6.07) is 7.24. The van der Waals surface area contributed by atoms with E-state index in [9.17, 15) is 4.79 Å². The fraction of sp³-hybridized carbons (Fsp3) is 0.111. The van der Waals surface area contributed by atoms with Crippen molar-refractivity contribution in [3.05, 3.63) is 29.8 Å². The Morgan fingerprint density at radius 2 is 2.23 bits per heavy atom. The number of thioether (sulfide) groups is 1. The fourth-order valence-electron chi connectivity index (χ4n) is 1.27. The highest BCUT2D eigenvalue weighted by atomic mass is 32.2. The van der Waals surface area contributed by atoms with Gasteiger partial charge in [0.05, 0.1) is 0 Å². The van der Waals surface area contributed by atoms with Gasteiger partial charge in [-0.2, -0.15) is 0 Å². The number of benzene rings is 1. The van der Waals surface area contributed by atoms with Gasteiger partial charge in [-0.3, -0.25) is 0 Å². The fourth-order valence-corrected chi connectivity index (χ4v) is 2.11. The van der Waals surface area contributed by atoms with Gasteiger partial charge < -0.3 is 10.5 Å². The molecular formula is C9H8N2OS. The Hall–Kier alpha value is -1.29. The predicted molar refractivity (Wildman–Crippen MR) is 52.7 cm³/mol. The SMILES string of the molecule is NC1=NC(C=O)c2ccccc2S1. The first kappa shape index (κ1) is 8.31. The smallest absolute Gasteiger partial charge is 0.159 e. The first-order valence-corrected chi connectivity index (χ1v) is 4.68. The van der Waals surface area contributed by atoms with Gasteiger partial charge in [0.25, 0.3) is 0 Å². The zero-order chi connectivity index (χ0) is 9.26. The number of nitrogens with zero attached hydrogens (tertiary/aromatic N) is 1. The summed E-state index contributed by atoms with van der Waals surface area (Å²) >= 11 is 1.40. The highest BCUT2D eigenvalue weighted by molar-refractivity contribution is 8.13. The number of fused-ring (bicyclic) bond motifs is 1. The van der Waals surface area contributed by atoms with Crippen LogP contribution >= 0.6 is 11.8 Å². The molecule has 1 atom stereocenters. The molecule has 1 aromatic rings. The highest BCUT2D eigenvalue weighted by Gasteiger charge is 2.19. The molecule has 13 heavy (non-hydrogen) atoms. The molecule has 1 aliphatic rings. The van der Waals surface area contributed by atoms with Crippen LogP contribution in [-0.4, -0.2) is 11.5 Å². The highest BCUT2D eigenvalue weighted by Crippen LogP contribution is 2.33. The number of amidine groups is 1. The topological polar surface area (TPSA) is 55.4 Å². The zero-order valence-corrected chi connectivity index (χ0v) is 7.62. The van der Waals surface area contributed by atoms with E-state index in [0.29, 0.717) is 5.17 Å². The quantitative estimate of drug-likeness (QED) is 0.683. The minimum atomic E-state index is -0.419. The van der Waals surface area contributed by atoms with Crippen molar-refractivity contribution < 1.29 is 4.79 Å². The number of hydrogen-bond acceptors (Lipinski definition) is 4. The van der Waals surface area contributed by atoms with E-state index in [4.69, 9.17) is 5.73 Å². The van der Waals surface area contributed by atoms with Gasteiger partial charge in [0.15, 0.2) is 5.17 Å². The van der Waals surface area contributed by atoms with Crippen LogP contribution in [0.15, 0.2) is 34.2 Å². The van der Waals surface area contributed by atoms with E-state index in [2.05, 4.69) is 4.99 Å². The average molecular weight is 192 g/mol. The summed E-state index contributed by atoms with van der Waals surface area (Å²) in [6.45, 7) is 0. The van der Waals surface area contributed by atoms with Crippen molar-refractivity contribution in [2.45, 2.75) is 10.9 Å². The van der Waals surface area contributed by atoms with E-state index in [1.807, 2.05) is 24.3 Å². The molecule has 0 radical (unpaired) electrons. The number of aldehydes is 1. The average Bonchev–Trinajstić information content (AvgIpc) is 2.16. The Kier molecular flexibility index (Phi) is 2.06. The summed E-state index contributed by atoms with van der Waals surface area (Å²) in [5.74, 6) is 0. The van der Waals surface area contributed by atoms with Crippen LogP contribution in [0, 0.1) is 0 Å². The van der Waals surface area contributed by atoms with Crippen LogP contribution in [0.1, 0.15) is 11.6 Å². The Morgan fingerprint density at radius 3 is 3.00 bits per heavy atom. The van der Waals surface area contributed by atoms with Crippen molar-refractivity contribution in [1.29, 1.82) is 0 Å². The van der Waals surface area contributed by atoms with Crippen molar-refractivity contribution >= 4 is 23.2 Å². The summed E-state index contributed by atoms with van der Waals surface area (Å²) < 4.78 is 0. The van der Waals surface area contributed by atoms with E-state index in [-0.39, 0.29) is 0 Å². The van der Waals surface area contributed by atoms with Crippen molar-refractivity contribution in [3.8, 4) is 0 Å². The van der Waals surface area contributed by atoms with E-state index in [0.717, 1.165) is 16.7 Å². The molecule has 0 aliphatic carbocycles. The maximum Gasteiger partial charge on any atom is 0.159 e. The van der Waals surface area contributed by atoms with E-state index in [1.54, 1.807) is 0 Å². The molecule has 0 saturated carbocycles. The molecule has 4 heteroatoms. The van der Waals surface area contributed by atoms with Crippen LogP contribution in [0.3, 0.4) is 0 Å². The molecule has 2 rings (SSSR count). The number of carbonyl (C=O) groups is 1. The second-order valence-corrected chi connectivity index (χ2v) is 3.75. The molecule has 0 amide bonds. The van der Waals surface area contributed by atoms with Gasteiger partial charge in [-0.05, 0) is 11.6 Å². The Bertz CT molecular complexity index is 376. The first-order valence-electron chi connectivity index (χ1n) is 3.86. The van der Waals surface area contributed by atoms with Gasteiger partial charge in [0, 0.05) is 4.90 Å². The predicted octanol–water partition coefficient (Wildman–Crippen LogP) is 1.35. The first-order chi connectivity index (χ1) is 6.31. The van der Waals surface area contributed by atoms with Crippen LogP contribution < -0.4 is 5.73 Å². The molecule has 3 nitrogen and oxygen atoms in total. The zero-order valence-electron chi connectivity index (χ0n) is 6.81. The summed E-state index contributed by atoms with van der Waals surface area (Å²) in [5, 5.41) is 0.454.